The molecule has 0 atom stereocenters. The topological polar surface area (TPSA) is 37.4 Å². The zero-order valence-electron chi connectivity index (χ0n) is 14.3. The van der Waals surface area contributed by atoms with Crippen LogP contribution in [0, 0.1) is 0 Å². The van der Waals surface area contributed by atoms with E-state index in [-0.39, 0.29) is 23.6 Å². The molecule has 3 nitrogen and oxygen atoms in total. The molecule has 0 bridgehead atoms. The van der Waals surface area contributed by atoms with Gasteiger partial charge >= 0.3 is 0 Å². The van der Waals surface area contributed by atoms with Crippen molar-refractivity contribution in [3.05, 3.63) is 74.6 Å². The third-order valence-corrected chi connectivity index (χ3v) is 5.50. The number of imide groups is 1. The van der Waals surface area contributed by atoms with E-state index in [1.165, 1.54) is 16.7 Å². The highest BCUT2D eigenvalue weighted by Crippen LogP contribution is 2.41. The summed E-state index contributed by atoms with van der Waals surface area (Å²) >= 11 is 13.7. The molecule has 6 heteroatoms. The standard InChI is InChI=1S/C20H17Cl2NO2S/c1-12(2)26-18-17(15-9-8-14(21)10-16(15)22)19(24)23(20(18)25)11-13-6-4-3-5-7-13/h3-10,12H,11H2,1-2H3. The Balaban J connectivity index is 2.04. The van der Waals surface area contributed by atoms with Gasteiger partial charge in [-0.25, -0.2) is 0 Å². The smallest absolute Gasteiger partial charge is 0.268 e. The summed E-state index contributed by atoms with van der Waals surface area (Å²) in [5, 5.41) is 0.992. The van der Waals surface area contributed by atoms with Gasteiger partial charge in [-0.1, -0.05) is 73.4 Å². The van der Waals surface area contributed by atoms with E-state index in [9.17, 15) is 9.59 Å². The molecule has 1 heterocycles. The molecule has 2 amide bonds. The molecule has 0 N–H and O–H groups in total. The van der Waals surface area contributed by atoms with Crippen molar-refractivity contribution in [2.45, 2.75) is 25.6 Å². The average molecular weight is 406 g/mol. The monoisotopic (exact) mass is 405 g/mol. The van der Waals surface area contributed by atoms with E-state index >= 15 is 0 Å². The van der Waals surface area contributed by atoms with Crippen molar-refractivity contribution in [2.24, 2.45) is 0 Å². The van der Waals surface area contributed by atoms with Crippen LogP contribution in [0.2, 0.25) is 10.0 Å². The summed E-state index contributed by atoms with van der Waals surface area (Å²) in [7, 11) is 0. The van der Waals surface area contributed by atoms with E-state index in [0.29, 0.717) is 26.1 Å². The van der Waals surface area contributed by atoms with Gasteiger partial charge in [0.05, 0.1) is 22.0 Å². The van der Waals surface area contributed by atoms with Crippen LogP contribution in [0.1, 0.15) is 25.0 Å². The van der Waals surface area contributed by atoms with Crippen LogP contribution in [0.4, 0.5) is 0 Å². The van der Waals surface area contributed by atoms with E-state index in [0.717, 1.165) is 5.56 Å². The molecule has 0 saturated carbocycles. The molecule has 0 aliphatic carbocycles. The minimum atomic E-state index is -0.328. The van der Waals surface area contributed by atoms with Crippen LogP contribution in [0.25, 0.3) is 5.57 Å². The summed E-state index contributed by atoms with van der Waals surface area (Å²) in [6.07, 6.45) is 0. The van der Waals surface area contributed by atoms with E-state index in [4.69, 9.17) is 23.2 Å². The first kappa shape index (κ1) is 19.0. The minimum absolute atomic E-state index is 0.152. The van der Waals surface area contributed by atoms with Gasteiger partial charge in [-0.3, -0.25) is 14.5 Å². The van der Waals surface area contributed by atoms with Crippen molar-refractivity contribution in [3.63, 3.8) is 0 Å². The number of nitrogens with zero attached hydrogens (tertiary/aromatic N) is 1. The van der Waals surface area contributed by atoms with Crippen molar-refractivity contribution in [3.8, 4) is 0 Å². The molecule has 0 saturated heterocycles. The molecule has 0 radical (unpaired) electrons. The fourth-order valence-corrected chi connectivity index (χ4v) is 4.24. The van der Waals surface area contributed by atoms with Crippen molar-refractivity contribution in [1.82, 2.24) is 4.90 Å². The van der Waals surface area contributed by atoms with E-state index < -0.39 is 0 Å². The SMILES string of the molecule is CC(C)SC1=C(c2ccc(Cl)cc2Cl)C(=O)N(Cc2ccccc2)C1=O. The lowest BCUT2D eigenvalue weighted by atomic mass is 10.1. The second kappa shape index (κ2) is 7.87. The van der Waals surface area contributed by atoms with Gasteiger partial charge in [0.15, 0.2) is 0 Å². The molecule has 134 valence electrons. The molecule has 0 fully saturated rings. The molecule has 0 aromatic heterocycles. The van der Waals surface area contributed by atoms with Crippen molar-refractivity contribution in [2.75, 3.05) is 0 Å². The molecule has 2 aromatic carbocycles. The Hall–Kier alpha value is -1.75. The number of hydrogen-bond acceptors (Lipinski definition) is 3. The lowest BCUT2D eigenvalue weighted by Crippen LogP contribution is -2.31. The van der Waals surface area contributed by atoms with Gasteiger partial charge in [-0.05, 0) is 17.7 Å². The fourth-order valence-electron chi connectivity index (χ4n) is 2.74. The fraction of sp³-hybridized carbons (Fsp3) is 0.200. The first-order chi connectivity index (χ1) is 12.4. The second-order valence-corrected chi connectivity index (χ2v) is 8.61. The number of halogens is 2. The number of amides is 2. The lowest BCUT2D eigenvalue weighted by molar-refractivity contribution is -0.137. The van der Waals surface area contributed by atoms with Crippen LogP contribution in [0.5, 0.6) is 0 Å². The van der Waals surface area contributed by atoms with Crippen LogP contribution >= 0.6 is 35.0 Å². The molecule has 1 aliphatic rings. The van der Waals surface area contributed by atoms with Gasteiger partial charge in [-0.15, -0.1) is 11.8 Å². The summed E-state index contributed by atoms with van der Waals surface area (Å²) in [4.78, 5) is 27.8. The van der Waals surface area contributed by atoms with Crippen LogP contribution in [-0.2, 0) is 16.1 Å². The maximum Gasteiger partial charge on any atom is 0.268 e. The first-order valence-corrected chi connectivity index (χ1v) is 9.78. The number of carbonyl (C=O) groups is 2. The largest absolute Gasteiger partial charge is 0.269 e. The van der Waals surface area contributed by atoms with Crippen molar-refractivity contribution in [1.29, 1.82) is 0 Å². The Kier molecular flexibility index (Phi) is 5.76. The van der Waals surface area contributed by atoms with E-state index in [1.54, 1.807) is 18.2 Å². The van der Waals surface area contributed by atoms with E-state index in [1.807, 2.05) is 44.2 Å². The highest BCUT2D eigenvalue weighted by molar-refractivity contribution is 8.04. The number of thioether (sulfide) groups is 1. The van der Waals surface area contributed by atoms with Crippen LogP contribution in [0.3, 0.4) is 0 Å². The molecule has 0 unspecified atom stereocenters. The predicted molar refractivity (Wildman–Crippen MR) is 108 cm³/mol. The number of benzene rings is 2. The highest BCUT2D eigenvalue weighted by atomic mass is 35.5. The quantitative estimate of drug-likeness (QED) is 0.623. The second-order valence-electron chi connectivity index (χ2n) is 6.18. The van der Waals surface area contributed by atoms with Gasteiger partial charge in [-0.2, -0.15) is 0 Å². The zero-order valence-corrected chi connectivity index (χ0v) is 16.7. The first-order valence-electron chi connectivity index (χ1n) is 8.15. The minimum Gasteiger partial charge on any atom is -0.269 e. The molecule has 1 aliphatic heterocycles. The lowest BCUT2D eigenvalue weighted by Gasteiger charge is -2.15. The normalized spacial score (nSPS) is 14.7. The Morgan fingerprint density at radius 3 is 2.31 bits per heavy atom. The van der Waals surface area contributed by atoms with Gasteiger partial charge < -0.3 is 0 Å². The number of carbonyl (C=O) groups excluding carboxylic acids is 2. The molecule has 26 heavy (non-hydrogen) atoms. The van der Waals surface area contributed by atoms with Crippen molar-refractivity contribution >= 4 is 52.4 Å². The molecular formula is C20H17Cl2NO2S. The Morgan fingerprint density at radius 1 is 1.00 bits per heavy atom. The summed E-state index contributed by atoms with van der Waals surface area (Å²) in [6, 6.07) is 14.4. The van der Waals surface area contributed by atoms with Gasteiger partial charge in [0.25, 0.3) is 11.8 Å². The van der Waals surface area contributed by atoms with E-state index in [2.05, 4.69) is 0 Å². The summed E-state index contributed by atoms with van der Waals surface area (Å²) in [5.74, 6) is -0.607. The van der Waals surface area contributed by atoms with Crippen LogP contribution in [0.15, 0.2) is 53.4 Å². The van der Waals surface area contributed by atoms with Gasteiger partial charge in [0.1, 0.15) is 0 Å². The third kappa shape index (κ3) is 3.83. The molecule has 3 rings (SSSR count). The Labute approximate surface area is 167 Å². The average Bonchev–Trinajstić information content (AvgIpc) is 2.80. The predicted octanol–water partition coefficient (Wildman–Crippen LogP) is 5.42. The highest BCUT2D eigenvalue weighted by Gasteiger charge is 2.40. The maximum absolute atomic E-state index is 13.1. The Bertz CT molecular complexity index is 894. The molecular weight excluding hydrogens is 389 g/mol. The van der Waals surface area contributed by atoms with Crippen LogP contribution < -0.4 is 0 Å². The van der Waals surface area contributed by atoms with Gasteiger partial charge in [0.2, 0.25) is 0 Å². The van der Waals surface area contributed by atoms with Crippen molar-refractivity contribution < 1.29 is 9.59 Å². The molecule has 2 aromatic rings. The maximum atomic E-state index is 13.1. The summed E-state index contributed by atoms with van der Waals surface area (Å²) in [6.45, 7) is 4.20. The summed E-state index contributed by atoms with van der Waals surface area (Å²) < 4.78 is 0. The third-order valence-electron chi connectivity index (χ3n) is 3.86. The number of rotatable bonds is 5. The van der Waals surface area contributed by atoms with Crippen LogP contribution in [-0.4, -0.2) is 22.0 Å². The summed E-state index contributed by atoms with van der Waals surface area (Å²) in [5.41, 5.74) is 1.78. The molecule has 0 spiro atoms. The zero-order chi connectivity index (χ0) is 18.8. The Morgan fingerprint density at radius 2 is 1.69 bits per heavy atom. The number of hydrogen-bond donors (Lipinski definition) is 0. The van der Waals surface area contributed by atoms with Gasteiger partial charge in [0, 0.05) is 15.8 Å².